The van der Waals surface area contributed by atoms with Crippen LogP contribution in [0.1, 0.15) is 78.2 Å². The molecule has 0 aliphatic heterocycles. The van der Waals surface area contributed by atoms with Crippen LogP contribution in [0, 0.1) is 34.5 Å². The van der Waals surface area contributed by atoms with Gasteiger partial charge in [0.15, 0.2) is 0 Å². The maximum Gasteiger partial charge on any atom is 0.100 e. The summed E-state index contributed by atoms with van der Waals surface area (Å²) in [6.07, 6.45) is 28.4. The number of nitrogens with zero attached hydrogens (tertiary/aromatic N) is 4. The Balaban J connectivity index is 1.20. The SMILES string of the molecule is CC1C=c2c(ncn2C2=CCC3C4CC=C5C[C@@H](n6ccnc6)CC[C@]5(C)C4CC[C@]23C)=CC1. The zero-order chi connectivity index (χ0) is 23.1. The Kier molecular flexibility index (Phi) is 4.51. The number of rotatable bonds is 2. The summed E-state index contributed by atoms with van der Waals surface area (Å²) < 4.78 is 4.81. The van der Waals surface area contributed by atoms with Crippen molar-refractivity contribution in [1.82, 2.24) is 19.1 Å². The van der Waals surface area contributed by atoms with Crippen LogP contribution in [0.2, 0.25) is 0 Å². The maximum absolute atomic E-state index is 4.80. The van der Waals surface area contributed by atoms with Gasteiger partial charge < -0.3 is 9.13 Å². The average molecular weight is 455 g/mol. The summed E-state index contributed by atoms with van der Waals surface area (Å²) >= 11 is 0. The Labute approximate surface area is 203 Å². The van der Waals surface area contributed by atoms with Crippen LogP contribution in [-0.2, 0) is 0 Å². The van der Waals surface area contributed by atoms with Gasteiger partial charge in [0.05, 0.1) is 17.0 Å². The molecule has 2 saturated carbocycles. The molecule has 5 aliphatic carbocycles. The fourth-order valence-electron chi connectivity index (χ4n) is 8.82. The number of imidazole rings is 2. The molecule has 4 nitrogen and oxygen atoms in total. The van der Waals surface area contributed by atoms with Crippen molar-refractivity contribution in [3.63, 3.8) is 0 Å². The van der Waals surface area contributed by atoms with Crippen molar-refractivity contribution in [2.45, 2.75) is 78.2 Å². The third-order valence-electron chi connectivity index (χ3n) is 10.8. The van der Waals surface area contributed by atoms with E-state index in [9.17, 15) is 0 Å². The summed E-state index contributed by atoms with van der Waals surface area (Å²) in [5.74, 6) is 2.99. The molecule has 0 bridgehead atoms. The number of aromatic nitrogens is 4. The van der Waals surface area contributed by atoms with Gasteiger partial charge in [-0.25, -0.2) is 9.97 Å². The lowest BCUT2D eigenvalue weighted by molar-refractivity contribution is -0.0153. The van der Waals surface area contributed by atoms with Gasteiger partial charge in [0.1, 0.15) is 6.33 Å². The van der Waals surface area contributed by atoms with Crippen LogP contribution >= 0.6 is 0 Å². The highest BCUT2D eigenvalue weighted by atomic mass is 15.1. The third kappa shape index (κ3) is 2.83. The largest absolute Gasteiger partial charge is 0.334 e. The van der Waals surface area contributed by atoms with Crippen LogP contribution in [0.3, 0.4) is 0 Å². The molecular weight excluding hydrogens is 416 g/mol. The summed E-state index contributed by atoms with van der Waals surface area (Å²) in [6, 6.07) is 0.592. The number of hydrogen-bond donors (Lipinski definition) is 0. The Morgan fingerprint density at radius 1 is 0.941 bits per heavy atom. The van der Waals surface area contributed by atoms with Crippen molar-refractivity contribution >= 4 is 17.8 Å². The molecule has 0 spiro atoms. The Morgan fingerprint density at radius 2 is 1.82 bits per heavy atom. The zero-order valence-electron chi connectivity index (χ0n) is 21.0. The van der Waals surface area contributed by atoms with Gasteiger partial charge >= 0.3 is 0 Å². The van der Waals surface area contributed by atoms with E-state index in [2.05, 4.69) is 71.7 Å². The number of allylic oxidation sites excluding steroid dienone is 4. The molecule has 178 valence electrons. The normalized spacial score (nSPS) is 40.6. The summed E-state index contributed by atoms with van der Waals surface area (Å²) in [7, 11) is 0. The molecule has 2 fully saturated rings. The maximum atomic E-state index is 4.80. The van der Waals surface area contributed by atoms with Crippen molar-refractivity contribution in [2.24, 2.45) is 34.5 Å². The van der Waals surface area contributed by atoms with E-state index in [4.69, 9.17) is 4.98 Å². The van der Waals surface area contributed by atoms with E-state index < -0.39 is 0 Å². The lowest BCUT2D eigenvalue weighted by Crippen LogP contribution is -2.50. The van der Waals surface area contributed by atoms with Crippen LogP contribution in [0.15, 0.2) is 42.8 Å². The smallest absolute Gasteiger partial charge is 0.100 e. The lowest BCUT2D eigenvalue weighted by atomic mass is 9.47. The Bertz CT molecular complexity index is 1290. The fraction of sp³-hybridized carbons (Fsp3) is 0.600. The molecule has 0 N–H and O–H groups in total. The molecule has 0 radical (unpaired) electrons. The Hall–Kier alpha value is -2.36. The van der Waals surface area contributed by atoms with E-state index in [1.807, 2.05) is 12.5 Å². The molecular formula is C30H38N4. The first-order chi connectivity index (χ1) is 16.5. The molecule has 2 heterocycles. The standard InChI is InChI=1S/C30H38N4/c1-20-4-8-26-27(16-20)34(19-32-26)28-9-7-24-23-6-5-21-17-22(33-15-14-31-18-33)10-12-29(21,2)25(23)11-13-30(24,28)3/h5,8-9,14-16,18-20,22-25H,4,6-7,10-13,17H2,1-3H3/t20?,22-,23?,24?,25?,29-,30-/m0/s1. The monoisotopic (exact) mass is 454 g/mol. The van der Waals surface area contributed by atoms with Gasteiger partial charge in [-0.15, -0.1) is 0 Å². The second kappa shape index (κ2) is 7.32. The van der Waals surface area contributed by atoms with Crippen molar-refractivity contribution in [3.05, 3.63) is 53.5 Å². The van der Waals surface area contributed by atoms with Crippen molar-refractivity contribution in [1.29, 1.82) is 0 Å². The van der Waals surface area contributed by atoms with Crippen LogP contribution in [-0.4, -0.2) is 19.1 Å². The first kappa shape index (κ1) is 21.0. The minimum Gasteiger partial charge on any atom is -0.334 e. The van der Waals surface area contributed by atoms with E-state index in [0.29, 0.717) is 17.4 Å². The van der Waals surface area contributed by atoms with Gasteiger partial charge in [-0.1, -0.05) is 50.6 Å². The van der Waals surface area contributed by atoms with Crippen LogP contribution < -0.4 is 10.7 Å². The minimum absolute atomic E-state index is 0.264. The molecule has 4 heteroatoms. The molecule has 2 aromatic rings. The van der Waals surface area contributed by atoms with E-state index in [1.54, 1.807) is 5.57 Å². The lowest BCUT2D eigenvalue weighted by Gasteiger charge is -2.58. The highest BCUT2D eigenvalue weighted by Crippen LogP contribution is 2.66. The average Bonchev–Trinajstić information content (AvgIpc) is 3.56. The van der Waals surface area contributed by atoms with Crippen LogP contribution in [0.25, 0.3) is 17.8 Å². The Morgan fingerprint density at radius 3 is 2.68 bits per heavy atom. The molecule has 7 rings (SSSR count). The third-order valence-corrected chi connectivity index (χ3v) is 10.8. The number of fused-ring (bicyclic) bond motifs is 6. The first-order valence-corrected chi connectivity index (χ1v) is 13.6. The van der Waals surface area contributed by atoms with E-state index in [-0.39, 0.29) is 5.41 Å². The highest BCUT2D eigenvalue weighted by molar-refractivity contribution is 5.58. The fourth-order valence-corrected chi connectivity index (χ4v) is 8.82. The molecule has 0 saturated heterocycles. The van der Waals surface area contributed by atoms with Crippen molar-refractivity contribution < 1.29 is 0 Å². The predicted octanol–water partition coefficient (Wildman–Crippen LogP) is 5.34. The summed E-state index contributed by atoms with van der Waals surface area (Å²) in [6.45, 7) is 7.51. The second-order valence-corrected chi connectivity index (χ2v) is 12.4. The molecule has 0 aromatic carbocycles. The van der Waals surface area contributed by atoms with Gasteiger partial charge in [0.2, 0.25) is 0 Å². The topological polar surface area (TPSA) is 35.6 Å². The first-order valence-electron chi connectivity index (χ1n) is 13.6. The molecule has 4 unspecified atom stereocenters. The zero-order valence-corrected chi connectivity index (χ0v) is 21.0. The van der Waals surface area contributed by atoms with E-state index in [0.717, 1.165) is 24.2 Å². The van der Waals surface area contributed by atoms with Crippen LogP contribution in [0.5, 0.6) is 0 Å². The van der Waals surface area contributed by atoms with Gasteiger partial charge in [0.25, 0.3) is 0 Å². The minimum atomic E-state index is 0.264. The highest BCUT2D eigenvalue weighted by Gasteiger charge is 2.57. The molecule has 5 aliphatic rings. The molecule has 2 aromatic heterocycles. The van der Waals surface area contributed by atoms with Crippen molar-refractivity contribution in [2.75, 3.05) is 0 Å². The van der Waals surface area contributed by atoms with E-state index in [1.165, 1.54) is 61.3 Å². The second-order valence-electron chi connectivity index (χ2n) is 12.4. The molecule has 0 amide bonds. The summed E-state index contributed by atoms with van der Waals surface area (Å²) in [4.78, 5) is 9.11. The molecule has 7 atom stereocenters. The summed E-state index contributed by atoms with van der Waals surface area (Å²) in [5, 5.41) is 2.52. The number of hydrogen-bond acceptors (Lipinski definition) is 2. The quantitative estimate of drug-likeness (QED) is 0.575. The van der Waals surface area contributed by atoms with Gasteiger partial charge in [-0.05, 0) is 80.5 Å². The van der Waals surface area contributed by atoms with Gasteiger partial charge in [-0.2, -0.15) is 0 Å². The van der Waals surface area contributed by atoms with Crippen LogP contribution in [0.4, 0.5) is 0 Å². The molecule has 34 heavy (non-hydrogen) atoms. The van der Waals surface area contributed by atoms with Crippen molar-refractivity contribution in [3.8, 4) is 0 Å². The predicted molar refractivity (Wildman–Crippen MR) is 137 cm³/mol. The van der Waals surface area contributed by atoms with Gasteiger partial charge in [-0.3, -0.25) is 0 Å². The van der Waals surface area contributed by atoms with Gasteiger partial charge in [0, 0.05) is 29.5 Å². The summed E-state index contributed by atoms with van der Waals surface area (Å²) in [5.41, 5.74) is 3.93. The van der Waals surface area contributed by atoms with E-state index >= 15 is 0 Å².